The van der Waals surface area contributed by atoms with Crippen molar-refractivity contribution in [1.82, 2.24) is 10.2 Å². The lowest BCUT2D eigenvalue weighted by Crippen LogP contribution is -2.38. The second-order valence-electron chi connectivity index (χ2n) is 5.05. The number of nitrogens with zero attached hydrogens (tertiary/aromatic N) is 1. The molecule has 0 aliphatic carbocycles. The maximum Gasteiger partial charge on any atom is 0.262 e. The van der Waals surface area contributed by atoms with Gasteiger partial charge in [0.1, 0.15) is 0 Å². The molecule has 0 saturated carbocycles. The lowest BCUT2D eigenvalue weighted by molar-refractivity contribution is -0.125. The number of rotatable bonds is 5. The van der Waals surface area contributed by atoms with Crippen molar-refractivity contribution in [2.75, 3.05) is 0 Å². The standard InChI is InChI=1S/C15H16N2O4.C2H6/c1-9-4-3-5-11-13(9)15(21)17(14(11)20)10(2)6-7-12(19)16-8-18;1-2/h3-5,8,10H,6-7H2,1-2H3,(H,16,18,19);1-2H3. The van der Waals surface area contributed by atoms with Crippen molar-refractivity contribution in [1.29, 1.82) is 0 Å². The van der Waals surface area contributed by atoms with Gasteiger partial charge in [-0.1, -0.05) is 26.0 Å². The zero-order valence-electron chi connectivity index (χ0n) is 13.9. The Kier molecular flexibility index (Phi) is 6.63. The van der Waals surface area contributed by atoms with E-state index in [1.165, 1.54) is 4.90 Å². The molecule has 124 valence electrons. The molecule has 23 heavy (non-hydrogen) atoms. The molecule has 0 fully saturated rings. The molecular weight excluding hydrogens is 296 g/mol. The fourth-order valence-corrected chi connectivity index (χ4v) is 2.48. The van der Waals surface area contributed by atoms with Crippen LogP contribution < -0.4 is 5.32 Å². The smallest absolute Gasteiger partial charge is 0.262 e. The maximum atomic E-state index is 12.4. The highest BCUT2D eigenvalue weighted by molar-refractivity contribution is 6.22. The van der Waals surface area contributed by atoms with Crippen LogP contribution in [0, 0.1) is 6.92 Å². The first-order valence-electron chi connectivity index (χ1n) is 7.68. The highest BCUT2D eigenvalue weighted by Crippen LogP contribution is 2.28. The third kappa shape index (κ3) is 3.83. The molecule has 4 amide bonds. The van der Waals surface area contributed by atoms with E-state index in [0.29, 0.717) is 24.0 Å². The Hall–Kier alpha value is -2.50. The number of hydrogen-bond donors (Lipinski definition) is 1. The molecule has 0 spiro atoms. The summed E-state index contributed by atoms with van der Waals surface area (Å²) in [5.41, 5.74) is 1.61. The van der Waals surface area contributed by atoms with Crippen LogP contribution in [0.1, 0.15) is 59.9 Å². The molecule has 1 aliphatic heterocycles. The third-order valence-electron chi connectivity index (χ3n) is 3.60. The van der Waals surface area contributed by atoms with Crippen molar-refractivity contribution in [2.24, 2.45) is 0 Å². The van der Waals surface area contributed by atoms with Gasteiger partial charge in [-0.2, -0.15) is 0 Å². The van der Waals surface area contributed by atoms with Crippen molar-refractivity contribution in [3.63, 3.8) is 0 Å². The first-order valence-corrected chi connectivity index (χ1v) is 7.68. The second kappa shape index (κ2) is 8.22. The molecule has 0 bridgehead atoms. The summed E-state index contributed by atoms with van der Waals surface area (Å²) < 4.78 is 0. The van der Waals surface area contributed by atoms with Crippen molar-refractivity contribution < 1.29 is 19.2 Å². The maximum absolute atomic E-state index is 12.4. The molecule has 0 radical (unpaired) electrons. The van der Waals surface area contributed by atoms with Crippen LogP contribution in [0.4, 0.5) is 0 Å². The Morgan fingerprint density at radius 3 is 2.48 bits per heavy atom. The summed E-state index contributed by atoms with van der Waals surface area (Å²) in [6.07, 6.45) is 0.703. The Balaban J connectivity index is 0.00000127. The minimum atomic E-state index is -0.426. The van der Waals surface area contributed by atoms with Crippen LogP contribution in [0.5, 0.6) is 0 Å². The van der Waals surface area contributed by atoms with Gasteiger partial charge < -0.3 is 0 Å². The summed E-state index contributed by atoms with van der Waals surface area (Å²) in [5, 5.41) is 2.03. The Bertz CT molecular complexity index is 625. The van der Waals surface area contributed by atoms with E-state index in [2.05, 4.69) is 0 Å². The predicted molar refractivity (Wildman–Crippen MR) is 85.9 cm³/mol. The summed E-state index contributed by atoms with van der Waals surface area (Å²) in [7, 11) is 0. The van der Waals surface area contributed by atoms with Crippen molar-refractivity contribution in [3.8, 4) is 0 Å². The Labute approximate surface area is 135 Å². The number of imide groups is 2. The first-order chi connectivity index (χ1) is 11.0. The minimum Gasteiger partial charge on any atom is -0.299 e. The molecule has 1 N–H and O–H groups in total. The van der Waals surface area contributed by atoms with Gasteiger partial charge >= 0.3 is 0 Å². The van der Waals surface area contributed by atoms with E-state index in [1.54, 1.807) is 32.0 Å². The molecule has 0 aromatic heterocycles. The number of nitrogens with one attached hydrogen (secondary N) is 1. The van der Waals surface area contributed by atoms with Gasteiger partial charge in [0.15, 0.2) is 0 Å². The number of carbonyl (C=O) groups excluding carboxylic acids is 4. The molecule has 1 heterocycles. The molecule has 2 rings (SSSR count). The zero-order valence-corrected chi connectivity index (χ0v) is 13.9. The van der Waals surface area contributed by atoms with Crippen LogP contribution in [0.25, 0.3) is 0 Å². The van der Waals surface area contributed by atoms with Crippen LogP contribution >= 0.6 is 0 Å². The Morgan fingerprint density at radius 1 is 1.26 bits per heavy atom. The van der Waals surface area contributed by atoms with Gasteiger partial charge in [-0.25, -0.2) is 0 Å². The van der Waals surface area contributed by atoms with E-state index < -0.39 is 11.9 Å². The SMILES string of the molecule is CC.Cc1cccc2c1C(=O)N(C(C)CCC(=O)NC=O)C2=O. The number of hydrogen-bond acceptors (Lipinski definition) is 4. The largest absolute Gasteiger partial charge is 0.299 e. The van der Waals surface area contributed by atoms with E-state index in [4.69, 9.17) is 0 Å². The molecule has 1 atom stereocenters. The van der Waals surface area contributed by atoms with Crippen molar-refractivity contribution in [2.45, 2.75) is 46.6 Å². The van der Waals surface area contributed by atoms with E-state index >= 15 is 0 Å². The average molecular weight is 318 g/mol. The van der Waals surface area contributed by atoms with E-state index in [9.17, 15) is 19.2 Å². The van der Waals surface area contributed by atoms with Crippen LogP contribution in [0.2, 0.25) is 0 Å². The first kappa shape index (κ1) is 18.5. The molecule has 1 unspecified atom stereocenters. The number of carbonyl (C=O) groups is 4. The number of benzene rings is 1. The van der Waals surface area contributed by atoms with Gasteiger partial charge in [-0.05, 0) is 31.9 Å². The van der Waals surface area contributed by atoms with Crippen molar-refractivity contribution >= 4 is 24.1 Å². The summed E-state index contributed by atoms with van der Waals surface area (Å²) >= 11 is 0. The predicted octanol–water partition coefficient (Wildman–Crippen LogP) is 2.06. The second-order valence-corrected chi connectivity index (χ2v) is 5.05. The third-order valence-corrected chi connectivity index (χ3v) is 3.60. The monoisotopic (exact) mass is 318 g/mol. The van der Waals surface area contributed by atoms with Gasteiger partial charge in [0.05, 0.1) is 11.1 Å². The van der Waals surface area contributed by atoms with Crippen LogP contribution in [-0.4, -0.2) is 35.1 Å². The van der Waals surface area contributed by atoms with E-state index in [-0.39, 0.29) is 18.2 Å². The summed E-state index contributed by atoms with van der Waals surface area (Å²) in [4.78, 5) is 47.3. The van der Waals surface area contributed by atoms with Crippen LogP contribution in [0.15, 0.2) is 18.2 Å². The van der Waals surface area contributed by atoms with E-state index in [1.807, 2.05) is 19.2 Å². The quantitative estimate of drug-likeness (QED) is 0.665. The van der Waals surface area contributed by atoms with Gasteiger partial charge in [-0.15, -0.1) is 0 Å². The van der Waals surface area contributed by atoms with Crippen LogP contribution in [-0.2, 0) is 9.59 Å². The summed E-state index contributed by atoms with van der Waals surface area (Å²) in [6, 6.07) is 4.75. The lowest BCUT2D eigenvalue weighted by atomic mass is 10.0. The highest BCUT2D eigenvalue weighted by Gasteiger charge is 2.39. The minimum absolute atomic E-state index is 0.0757. The van der Waals surface area contributed by atoms with Gasteiger partial charge in [0.25, 0.3) is 11.8 Å². The topological polar surface area (TPSA) is 83.6 Å². The highest BCUT2D eigenvalue weighted by atomic mass is 16.2. The molecule has 1 aromatic rings. The van der Waals surface area contributed by atoms with Gasteiger partial charge in [0.2, 0.25) is 12.3 Å². The molecule has 6 nitrogen and oxygen atoms in total. The van der Waals surface area contributed by atoms with Crippen LogP contribution in [0.3, 0.4) is 0 Å². The molecule has 1 aromatic carbocycles. The summed E-state index contributed by atoms with van der Waals surface area (Å²) in [6.45, 7) is 7.50. The molecule has 1 aliphatic rings. The van der Waals surface area contributed by atoms with Gasteiger partial charge in [0, 0.05) is 12.5 Å². The van der Waals surface area contributed by atoms with Gasteiger partial charge in [-0.3, -0.25) is 29.4 Å². The molecular formula is C17H22N2O4. The zero-order chi connectivity index (χ0) is 17.6. The molecule has 6 heteroatoms. The van der Waals surface area contributed by atoms with E-state index in [0.717, 1.165) is 5.56 Å². The number of amides is 4. The summed E-state index contributed by atoms with van der Waals surface area (Å²) in [5.74, 6) is -1.08. The normalized spacial score (nSPS) is 13.8. The molecule has 0 saturated heterocycles. The Morgan fingerprint density at radius 2 is 1.91 bits per heavy atom. The number of fused-ring (bicyclic) bond motifs is 1. The average Bonchev–Trinajstić information content (AvgIpc) is 2.80. The fraction of sp³-hybridized carbons (Fsp3) is 0.412. The number of aryl methyl sites for hydroxylation is 1. The van der Waals surface area contributed by atoms with Crippen molar-refractivity contribution in [3.05, 3.63) is 34.9 Å². The lowest BCUT2D eigenvalue weighted by Gasteiger charge is -2.22. The fourth-order valence-electron chi connectivity index (χ4n) is 2.48.